The van der Waals surface area contributed by atoms with Crippen molar-refractivity contribution in [2.45, 2.75) is 5.54 Å². The lowest BCUT2D eigenvalue weighted by Crippen LogP contribution is -2.39. The van der Waals surface area contributed by atoms with Gasteiger partial charge in [-0.15, -0.1) is 9.90 Å². The van der Waals surface area contributed by atoms with E-state index in [1.807, 2.05) is 77.5 Å². The van der Waals surface area contributed by atoms with Gasteiger partial charge in [-0.1, -0.05) is 114 Å². The van der Waals surface area contributed by atoms with Crippen molar-refractivity contribution in [1.29, 1.82) is 0 Å². The molecule has 5 nitrogen and oxygen atoms in total. The number of aromatic nitrogens is 5. The van der Waals surface area contributed by atoms with Gasteiger partial charge in [0.25, 0.3) is 5.95 Å². The Hall–Kier alpha value is -4.51. The van der Waals surface area contributed by atoms with Crippen LogP contribution in [0.3, 0.4) is 0 Å². The first-order chi connectivity index (χ1) is 16.4. The molecule has 5 heteroatoms. The Morgan fingerprint density at radius 2 is 1.06 bits per heavy atom. The van der Waals surface area contributed by atoms with E-state index in [-0.39, 0.29) is 0 Å². The first-order valence-corrected chi connectivity index (χ1v) is 10.9. The van der Waals surface area contributed by atoms with E-state index in [1.165, 1.54) is 0 Å². The number of nitrogens with zero attached hydrogens (tertiary/aromatic N) is 5. The van der Waals surface area contributed by atoms with Crippen LogP contribution in [0, 0.1) is 0 Å². The lowest BCUT2D eigenvalue weighted by molar-refractivity contribution is 0.395. The molecule has 0 saturated heterocycles. The highest BCUT2D eigenvalue weighted by Crippen LogP contribution is 2.39. The summed E-state index contributed by atoms with van der Waals surface area (Å²) in [5.41, 5.74) is 3.44. The molecule has 0 unspecified atom stereocenters. The molecule has 33 heavy (non-hydrogen) atoms. The van der Waals surface area contributed by atoms with E-state index in [4.69, 9.17) is 5.10 Å². The number of tetrazole rings is 1. The van der Waals surface area contributed by atoms with Crippen molar-refractivity contribution in [2.24, 2.45) is 0 Å². The molecular weight excluding hydrogens is 406 g/mol. The topological polar surface area (TPSA) is 48.5 Å². The maximum Gasteiger partial charge on any atom is 0.274 e. The fourth-order valence-electron chi connectivity index (χ4n) is 4.59. The zero-order valence-electron chi connectivity index (χ0n) is 17.9. The fourth-order valence-corrected chi connectivity index (χ4v) is 4.59. The second-order valence-electron chi connectivity index (χ2n) is 7.93. The number of hydrogen-bond acceptors (Lipinski definition) is 3. The van der Waals surface area contributed by atoms with E-state index >= 15 is 0 Å². The molecule has 158 valence electrons. The van der Waals surface area contributed by atoms with Crippen LogP contribution in [0.4, 0.5) is 0 Å². The molecule has 4 aromatic carbocycles. The van der Waals surface area contributed by atoms with Crippen molar-refractivity contribution in [1.82, 2.24) is 24.8 Å². The van der Waals surface area contributed by atoms with Crippen LogP contribution in [-0.2, 0) is 5.54 Å². The van der Waals surface area contributed by atoms with Gasteiger partial charge in [-0.2, -0.15) is 0 Å². The van der Waals surface area contributed by atoms with Crippen molar-refractivity contribution in [3.05, 3.63) is 144 Å². The predicted octanol–water partition coefficient (Wildman–Crippen LogP) is 5.46. The summed E-state index contributed by atoms with van der Waals surface area (Å²) in [5.74, 6) is 0.531. The number of hydrogen-bond donors (Lipinski definition) is 0. The smallest absolute Gasteiger partial charge is 0.274 e. The molecule has 6 rings (SSSR count). The van der Waals surface area contributed by atoms with Gasteiger partial charge < -0.3 is 0 Å². The van der Waals surface area contributed by atoms with Crippen LogP contribution in [0.15, 0.2) is 128 Å². The van der Waals surface area contributed by atoms with E-state index in [2.05, 4.69) is 64.9 Å². The maximum atomic E-state index is 4.96. The summed E-state index contributed by atoms with van der Waals surface area (Å²) in [6.07, 6.45) is 1.99. The lowest BCUT2D eigenvalue weighted by Gasteiger charge is -2.34. The third-order valence-corrected chi connectivity index (χ3v) is 6.09. The van der Waals surface area contributed by atoms with Crippen molar-refractivity contribution in [3.8, 4) is 5.95 Å². The van der Waals surface area contributed by atoms with Crippen LogP contribution in [0.25, 0.3) is 16.9 Å². The van der Waals surface area contributed by atoms with Crippen molar-refractivity contribution in [3.63, 3.8) is 0 Å². The highest BCUT2D eigenvalue weighted by atomic mass is 15.6. The standard InChI is InChI=1S/C28H21N5/c1-4-13-23(14-5-1)28(24-15-6-2-7-16-24,25-17-8-3-9-18-25)33-30-27(29-31-33)32-21-20-22-12-10-11-19-26(22)32/h1-21H. The number of rotatable bonds is 5. The summed E-state index contributed by atoms with van der Waals surface area (Å²) in [4.78, 5) is 1.75. The molecule has 0 radical (unpaired) electrons. The minimum absolute atomic E-state index is 0.531. The van der Waals surface area contributed by atoms with Crippen LogP contribution in [0.2, 0.25) is 0 Å². The molecule has 0 fully saturated rings. The second kappa shape index (κ2) is 7.88. The quantitative estimate of drug-likeness (QED) is 0.343. The molecular formula is C28H21N5. The van der Waals surface area contributed by atoms with Crippen LogP contribution >= 0.6 is 0 Å². The molecule has 0 amide bonds. The zero-order chi connectivity index (χ0) is 22.1. The van der Waals surface area contributed by atoms with E-state index in [9.17, 15) is 0 Å². The van der Waals surface area contributed by atoms with Crippen molar-refractivity contribution in [2.75, 3.05) is 0 Å². The summed E-state index contributed by atoms with van der Waals surface area (Å²) in [5, 5.41) is 15.2. The van der Waals surface area contributed by atoms with Crippen molar-refractivity contribution >= 4 is 10.9 Å². The third kappa shape index (κ3) is 3.05. The number of para-hydroxylation sites is 1. The minimum Gasteiger partial charge on any atom is -0.283 e. The molecule has 6 aromatic rings. The van der Waals surface area contributed by atoms with Gasteiger partial charge in [0.15, 0.2) is 5.54 Å². The van der Waals surface area contributed by atoms with Crippen LogP contribution in [0.5, 0.6) is 0 Å². The monoisotopic (exact) mass is 427 g/mol. The molecule has 0 aliphatic heterocycles. The first-order valence-electron chi connectivity index (χ1n) is 10.9. The van der Waals surface area contributed by atoms with E-state index in [1.54, 1.807) is 4.80 Å². The molecule has 0 bridgehead atoms. The van der Waals surface area contributed by atoms with Crippen LogP contribution in [0.1, 0.15) is 16.7 Å². The van der Waals surface area contributed by atoms with Crippen molar-refractivity contribution < 1.29 is 0 Å². The average molecular weight is 428 g/mol. The van der Waals surface area contributed by atoms with Crippen LogP contribution in [-0.4, -0.2) is 24.8 Å². The summed E-state index contributed by atoms with van der Waals surface area (Å²) in [6.45, 7) is 0. The summed E-state index contributed by atoms with van der Waals surface area (Å²) in [6, 6.07) is 41.3. The molecule has 0 saturated carbocycles. The normalized spacial score (nSPS) is 11.6. The Bertz CT molecular complexity index is 1400. The van der Waals surface area contributed by atoms with Gasteiger partial charge in [-0.05, 0) is 34.0 Å². The molecule has 0 aliphatic rings. The van der Waals surface area contributed by atoms with Gasteiger partial charge in [-0.3, -0.25) is 4.57 Å². The molecule has 0 spiro atoms. The van der Waals surface area contributed by atoms with E-state index in [0.29, 0.717) is 5.95 Å². The van der Waals surface area contributed by atoms with E-state index < -0.39 is 5.54 Å². The molecule has 2 aromatic heterocycles. The minimum atomic E-state index is -0.780. The van der Waals surface area contributed by atoms with Crippen LogP contribution < -0.4 is 0 Å². The Kier molecular flexibility index (Phi) is 4.58. The maximum absolute atomic E-state index is 4.96. The summed E-state index contributed by atoms with van der Waals surface area (Å²) < 4.78 is 1.98. The Morgan fingerprint density at radius 3 is 1.64 bits per heavy atom. The van der Waals surface area contributed by atoms with Gasteiger partial charge in [-0.25, -0.2) is 0 Å². The predicted molar refractivity (Wildman–Crippen MR) is 129 cm³/mol. The Labute approximate surface area is 191 Å². The first kappa shape index (κ1) is 19.2. The third-order valence-electron chi connectivity index (χ3n) is 6.09. The highest BCUT2D eigenvalue weighted by Gasteiger charge is 2.41. The molecule has 0 atom stereocenters. The Morgan fingerprint density at radius 1 is 0.545 bits per heavy atom. The second-order valence-corrected chi connectivity index (χ2v) is 7.93. The van der Waals surface area contributed by atoms with Gasteiger partial charge in [0, 0.05) is 11.6 Å². The Balaban J connectivity index is 1.64. The number of benzene rings is 4. The number of fused-ring (bicyclic) bond motifs is 1. The van der Waals surface area contributed by atoms with Gasteiger partial charge in [0.2, 0.25) is 0 Å². The molecule has 0 aliphatic carbocycles. The molecule has 0 N–H and O–H groups in total. The SMILES string of the molecule is c1ccc(C(c2ccccc2)(c2ccccc2)n2nnc(-n3ccc4ccccc43)n2)cc1. The van der Waals surface area contributed by atoms with E-state index in [0.717, 1.165) is 27.6 Å². The average Bonchev–Trinajstić information content (AvgIpc) is 3.54. The largest absolute Gasteiger partial charge is 0.283 e. The highest BCUT2D eigenvalue weighted by molar-refractivity contribution is 5.81. The summed E-state index contributed by atoms with van der Waals surface area (Å²) >= 11 is 0. The fraction of sp³-hybridized carbons (Fsp3) is 0.0357. The van der Waals surface area contributed by atoms with Gasteiger partial charge >= 0.3 is 0 Å². The zero-order valence-corrected chi connectivity index (χ0v) is 17.9. The molecule has 2 heterocycles. The van der Waals surface area contributed by atoms with Gasteiger partial charge in [0.05, 0.1) is 5.52 Å². The summed E-state index contributed by atoms with van der Waals surface area (Å²) in [7, 11) is 0. The lowest BCUT2D eigenvalue weighted by atomic mass is 9.77. The van der Waals surface area contributed by atoms with Gasteiger partial charge in [0.1, 0.15) is 0 Å².